The van der Waals surface area contributed by atoms with E-state index >= 15 is 0 Å². The van der Waals surface area contributed by atoms with Crippen LogP contribution in [0.15, 0.2) is 0 Å². The molecule has 17 heavy (non-hydrogen) atoms. The van der Waals surface area contributed by atoms with E-state index in [2.05, 4.69) is 10.1 Å². The van der Waals surface area contributed by atoms with Crippen LogP contribution in [0.5, 0.6) is 0 Å². The van der Waals surface area contributed by atoms with E-state index in [1.807, 2.05) is 0 Å². The van der Waals surface area contributed by atoms with E-state index in [1.165, 1.54) is 6.92 Å². The third-order valence-corrected chi connectivity index (χ3v) is 3.48. The Balaban J connectivity index is 2.90. The molecule has 0 radical (unpaired) electrons. The fourth-order valence-electron chi connectivity index (χ4n) is 2.00. The molecular weight excluding hydrogens is 239 g/mol. The maximum atomic E-state index is 12.9. The van der Waals surface area contributed by atoms with Crippen molar-refractivity contribution in [2.45, 2.75) is 32.5 Å². The van der Waals surface area contributed by atoms with Crippen molar-refractivity contribution in [3.63, 3.8) is 0 Å². The van der Waals surface area contributed by atoms with Gasteiger partial charge >= 0.3 is 12.3 Å². The van der Waals surface area contributed by atoms with E-state index in [1.54, 1.807) is 0 Å². The highest BCUT2D eigenvalue weighted by Crippen LogP contribution is 2.52. The number of alkyl carbamates (subject to hydrolysis) is 1. The number of ether oxygens (including phenoxy) is 1. The Hall–Kier alpha value is -1.27. The third kappa shape index (κ3) is 2.23. The SMILES string of the molecule is COC(=O)NC1C[C@@](C)(C(F)(F)F)[C@@H](C)C1=O. The van der Waals surface area contributed by atoms with Crippen LogP contribution < -0.4 is 5.32 Å². The summed E-state index contributed by atoms with van der Waals surface area (Å²) in [5.41, 5.74) is -2.10. The van der Waals surface area contributed by atoms with Crippen molar-refractivity contribution in [1.29, 1.82) is 0 Å². The van der Waals surface area contributed by atoms with Crippen molar-refractivity contribution in [3.05, 3.63) is 0 Å². The lowest BCUT2D eigenvalue weighted by Gasteiger charge is -2.30. The average Bonchev–Trinajstić information content (AvgIpc) is 2.43. The normalized spacial score (nSPS) is 33.6. The zero-order valence-electron chi connectivity index (χ0n) is 9.72. The van der Waals surface area contributed by atoms with Crippen molar-refractivity contribution < 1.29 is 27.5 Å². The largest absolute Gasteiger partial charge is 0.453 e. The van der Waals surface area contributed by atoms with Crippen LogP contribution in [-0.4, -0.2) is 31.2 Å². The maximum absolute atomic E-state index is 12.9. The van der Waals surface area contributed by atoms with Gasteiger partial charge in [0, 0.05) is 5.92 Å². The Morgan fingerprint density at radius 3 is 2.41 bits per heavy atom. The number of hydrogen-bond acceptors (Lipinski definition) is 3. The molecule has 0 saturated heterocycles. The number of ketones is 1. The predicted molar refractivity (Wildman–Crippen MR) is 52.3 cm³/mol. The van der Waals surface area contributed by atoms with Gasteiger partial charge in [0.2, 0.25) is 0 Å². The van der Waals surface area contributed by atoms with Gasteiger partial charge in [-0.05, 0) is 6.42 Å². The summed E-state index contributed by atoms with van der Waals surface area (Å²) >= 11 is 0. The lowest BCUT2D eigenvalue weighted by Crippen LogP contribution is -2.39. The molecule has 7 heteroatoms. The van der Waals surface area contributed by atoms with Gasteiger partial charge in [-0.2, -0.15) is 13.2 Å². The van der Waals surface area contributed by atoms with Crippen LogP contribution in [0, 0.1) is 11.3 Å². The fourth-order valence-corrected chi connectivity index (χ4v) is 2.00. The molecule has 4 nitrogen and oxygen atoms in total. The summed E-state index contributed by atoms with van der Waals surface area (Å²) in [6, 6.07) is -1.14. The smallest absolute Gasteiger partial charge is 0.407 e. The predicted octanol–water partition coefficient (Wildman–Crippen LogP) is 1.89. The molecule has 0 spiro atoms. The number of carbonyl (C=O) groups is 2. The van der Waals surface area contributed by atoms with Gasteiger partial charge < -0.3 is 10.1 Å². The molecule has 0 heterocycles. The van der Waals surface area contributed by atoms with Crippen molar-refractivity contribution in [1.82, 2.24) is 5.32 Å². The molecule has 1 rings (SSSR count). The van der Waals surface area contributed by atoms with Crippen LogP contribution in [0.25, 0.3) is 0 Å². The first-order chi connectivity index (χ1) is 7.63. The fraction of sp³-hybridized carbons (Fsp3) is 0.800. The molecule has 0 aromatic carbocycles. The van der Waals surface area contributed by atoms with Crippen molar-refractivity contribution >= 4 is 11.9 Å². The molecule has 1 fully saturated rings. The van der Waals surface area contributed by atoms with Gasteiger partial charge in [-0.15, -0.1) is 0 Å². The second-order valence-corrected chi connectivity index (χ2v) is 4.43. The van der Waals surface area contributed by atoms with Crippen molar-refractivity contribution in [3.8, 4) is 0 Å². The second-order valence-electron chi connectivity index (χ2n) is 4.43. The van der Waals surface area contributed by atoms with E-state index in [-0.39, 0.29) is 0 Å². The molecular formula is C10H14F3NO3. The topological polar surface area (TPSA) is 55.4 Å². The van der Waals surface area contributed by atoms with E-state index in [4.69, 9.17) is 0 Å². The van der Waals surface area contributed by atoms with Crippen LogP contribution in [0.1, 0.15) is 20.3 Å². The molecule has 1 aliphatic carbocycles. The lowest BCUT2D eigenvalue weighted by molar-refractivity contribution is -0.227. The minimum atomic E-state index is -4.48. The van der Waals surface area contributed by atoms with E-state index in [0.29, 0.717) is 0 Å². The lowest BCUT2D eigenvalue weighted by atomic mass is 9.80. The molecule has 0 bridgehead atoms. The Labute approximate surface area is 96.5 Å². The number of carbonyl (C=O) groups excluding carboxylic acids is 2. The van der Waals surface area contributed by atoms with Crippen LogP contribution in [0.2, 0.25) is 0 Å². The van der Waals surface area contributed by atoms with Gasteiger partial charge in [0.05, 0.1) is 18.6 Å². The van der Waals surface area contributed by atoms with Crippen molar-refractivity contribution in [2.75, 3.05) is 7.11 Å². The third-order valence-electron chi connectivity index (χ3n) is 3.48. The first kappa shape index (κ1) is 13.8. The average molecular weight is 253 g/mol. The zero-order chi connectivity index (χ0) is 13.4. The summed E-state index contributed by atoms with van der Waals surface area (Å²) in [6.07, 6.45) is -5.83. The van der Waals surface area contributed by atoms with Gasteiger partial charge in [0.25, 0.3) is 0 Å². The second kappa shape index (κ2) is 4.19. The molecule has 98 valence electrons. The van der Waals surface area contributed by atoms with Crippen LogP contribution in [0.4, 0.5) is 18.0 Å². The molecule has 1 amide bonds. The zero-order valence-corrected chi connectivity index (χ0v) is 9.72. The molecule has 0 aliphatic heterocycles. The van der Waals surface area contributed by atoms with Crippen LogP contribution in [-0.2, 0) is 9.53 Å². The monoisotopic (exact) mass is 253 g/mol. The van der Waals surface area contributed by atoms with E-state index in [9.17, 15) is 22.8 Å². The van der Waals surface area contributed by atoms with Gasteiger partial charge in [-0.3, -0.25) is 4.79 Å². The highest BCUT2D eigenvalue weighted by molar-refractivity contribution is 5.92. The summed E-state index contributed by atoms with van der Waals surface area (Å²) in [6.45, 7) is 2.23. The minimum Gasteiger partial charge on any atom is -0.453 e. The van der Waals surface area contributed by atoms with Gasteiger partial charge in [0.1, 0.15) is 0 Å². The van der Waals surface area contributed by atoms with Gasteiger partial charge in [-0.1, -0.05) is 13.8 Å². The number of amides is 1. The number of nitrogens with one attached hydrogen (secondary N) is 1. The minimum absolute atomic E-state index is 0.453. The highest BCUT2D eigenvalue weighted by atomic mass is 19.4. The molecule has 3 atom stereocenters. The number of hydrogen-bond donors (Lipinski definition) is 1. The molecule has 1 N–H and O–H groups in total. The number of methoxy groups -OCH3 is 1. The van der Waals surface area contributed by atoms with Crippen LogP contribution >= 0.6 is 0 Å². The Bertz CT molecular complexity index is 342. The number of rotatable bonds is 1. The Kier molecular flexibility index (Phi) is 3.40. The first-order valence-corrected chi connectivity index (χ1v) is 5.08. The van der Waals surface area contributed by atoms with Gasteiger partial charge in [-0.25, -0.2) is 4.79 Å². The van der Waals surface area contributed by atoms with E-state index < -0.39 is 41.8 Å². The standard InChI is InChI=1S/C10H14F3NO3/c1-5-7(15)6(14-8(16)17-3)4-9(5,2)10(11,12)13/h5-6H,4H2,1-3H3,(H,14,16)/t5-,6?,9+/m0/s1. The summed E-state index contributed by atoms with van der Waals surface area (Å²) in [4.78, 5) is 22.6. The molecule has 0 aromatic heterocycles. The Morgan fingerprint density at radius 2 is 2.06 bits per heavy atom. The Morgan fingerprint density at radius 1 is 1.53 bits per heavy atom. The first-order valence-electron chi connectivity index (χ1n) is 5.08. The van der Waals surface area contributed by atoms with Gasteiger partial charge in [0.15, 0.2) is 5.78 Å². The molecule has 0 aromatic rings. The summed E-state index contributed by atoms with van der Waals surface area (Å²) in [5.74, 6) is -1.79. The van der Waals surface area contributed by atoms with E-state index in [0.717, 1.165) is 14.0 Å². The summed E-state index contributed by atoms with van der Waals surface area (Å²) in [5, 5.41) is 2.13. The summed E-state index contributed by atoms with van der Waals surface area (Å²) < 4.78 is 42.9. The summed E-state index contributed by atoms with van der Waals surface area (Å²) in [7, 11) is 1.08. The molecule has 1 saturated carbocycles. The van der Waals surface area contributed by atoms with Crippen LogP contribution in [0.3, 0.4) is 0 Å². The number of alkyl halides is 3. The quantitative estimate of drug-likeness (QED) is 0.776. The molecule has 1 aliphatic rings. The molecule has 1 unspecified atom stereocenters. The highest BCUT2D eigenvalue weighted by Gasteiger charge is 2.62. The number of halogens is 3. The van der Waals surface area contributed by atoms with Crippen molar-refractivity contribution in [2.24, 2.45) is 11.3 Å². The number of Topliss-reactive ketones (excluding diaryl/α,β-unsaturated/α-hetero) is 1. The maximum Gasteiger partial charge on any atom is 0.407 e.